The summed E-state index contributed by atoms with van der Waals surface area (Å²) in [7, 11) is 4.62. The second-order valence-corrected chi connectivity index (χ2v) is 7.60. The molecular formula is C24H26N6O4. The van der Waals surface area contributed by atoms with Crippen LogP contribution in [0.5, 0.6) is 11.5 Å². The Kier molecular flexibility index (Phi) is 6.48. The van der Waals surface area contributed by atoms with Crippen molar-refractivity contribution in [2.24, 2.45) is 19.2 Å². The molecule has 176 valence electrons. The maximum Gasteiger partial charge on any atom is 0.332 e. The molecule has 0 amide bonds. The third-order valence-electron chi connectivity index (χ3n) is 5.40. The summed E-state index contributed by atoms with van der Waals surface area (Å²) in [5.74, 6) is 1.59. The van der Waals surface area contributed by atoms with E-state index in [2.05, 4.69) is 15.5 Å². The van der Waals surface area contributed by atoms with E-state index in [1.807, 2.05) is 55.5 Å². The van der Waals surface area contributed by atoms with E-state index in [4.69, 9.17) is 9.47 Å². The molecule has 2 aromatic carbocycles. The van der Waals surface area contributed by atoms with Gasteiger partial charge in [0.15, 0.2) is 22.7 Å². The smallest absolute Gasteiger partial charge is 0.332 e. The van der Waals surface area contributed by atoms with Gasteiger partial charge in [0.2, 0.25) is 5.95 Å². The number of hydrazone groups is 1. The van der Waals surface area contributed by atoms with Gasteiger partial charge in [-0.05, 0) is 36.2 Å². The number of nitrogens with zero attached hydrogens (tertiary/aromatic N) is 5. The number of anilines is 1. The number of hydrogen-bond donors (Lipinski definition) is 1. The van der Waals surface area contributed by atoms with Crippen molar-refractivity contribution in [3.8, 4) is 11.5 Å². The molecule has 34 heavy (non-hydrogen) atoms. The number of nitrogens with one attached hydrogen (secondary N) is 1. The topological polar surface area (TPSA) is 105 Å². The molecule has 0 atom stereocenters. The lowest BCUT2D eigenvalue weighted by atomic mass is 10.2. The average molecular weight is 463 g/mol. The fourth-order valence-corrected chi connectivity index (χ4v) is 3.66. The first-order valence-corrected chi connectivity index (χ1v) is 10.7. The Labute approximate surface area is 195 Å². The molecule has 2 heterocycles. The maximum absolute atomic E-state index is 13.0. The summed E-state index contributed by atoms with van der Waals surface area (Å²) in [5, 5.41) is 4.31. The number of imidazole rings is 1. The van der Waals surface area contributed by atoms with E-state index in [1.165, 1.54) is 11.6 Å². The summed E-state index contributed by atoms with van der Waals surface area (Å²) in [6.07, 6.45) is 1.61. The van der Waals surface area contributed by atoms with Crippen LogP contribution in [-0.4, -0.2) is 38.6 Å². The second-order valence-electron chi connectivity index (χ2n) is 7.60. The van der Waals surface area contributed by atoms with Crippen LogP contribution in [0.25, 0.3) is 11.2 Å². The molecule has 0 spiro atoms. The highest BCUT2D eigenvalue weighted by atomic mass is 16.5. The molecule has 0 unspecified atom stereocenters. The molecule has 0 aliphatic carbocycles. The Bertz CT molecular complexity index is 1470. The predicted molar refractivity (Wildman–Crippen MR) is 131 cm³/mol. The van der Waals surface area contributed by atoms with Gasteiger partial charge >= 0.3 is 5.69 Å². The van der Waals surface area contributed by atoms with Gasteiger partial charge in [-0.1, -0.05) is 30.3 Å². The fourth-order valence-electron chi connectivity index (χ4n) is 3.66. The summed E-state index contributed by atoms with van der Waals surface area (Å²) < 4.78 is 15.1. The Morgan fingerprint density at radius 1 is 1.06 bits per heavy atom. The average Bonchev–Trinajstić information content (AvgIpc) is 3.21. The minimum Gasteiger partial charge on any atom is -0.493 e. The maximum atomic E-state index is 13.0. The van der Waals surface area contributed by atoms with Gasteiger partial charge in [-0.2, -0.15) is 10.1 Å². The number of rotatable bonds is 8. The lowest BCUT2D eigenvalue weighted by molar-refractivity contribution is 0.311. The summed E-state index contributed by atoms with van der Waals surface area (Å²) in [4.78, 5) is 29.9. The van der Waals surface area contributed by atoms with Crippen molar-refractivity contribution in [1.29, 1.82) is 0 Å². The molecule has 0 bridgehead atoms. The third-order valence-corrected chi connectivity index (χ3v) is 5.40. The van der Waals surface area contributed by atoms with Crippen molar-refractivity contribution >= 4 is 23.3 Å². The summed E-state index contributed by atoms with van der Waals surface area (Å²) in [5.41, 5.74) is 4.41. The first-order valence-electron chi connectivity index (χ1n) is 10.7. The molecule has 0 aliphatic heterocycles. The van der Waals surface area contributed by atoms with Crippen molar-refractivity contribution < 1.29 is 9.47 Å². The lowest BCUT2D eigenvalue weighted by Crippen LogP contribution is -2.37. The zero-order valence-electron chi connectivity index (χ0n) is 19.5. The van der Waals surface area contributed by atoms with Gasteiger partial charge in [-0.25, -0.2) is 10.2 Å². The van der Waals surface area contributed by atoms with E-state index in [1.54, 1.807) is 24.9 Å². The van der Waals surface area contributed by atoms with Crippen LogP contribution in [-0.2, 0) is 20.6 Å². The molecule has 10 nitrogen and oxygen atoms in total. The van der Waals surface area contributed by atoms with Crippen LogP contribution in [0.15, 0.2) is 63.2 Å². The molecule has 4 aromatic rings. The quantitative estimate of drug-likeness (QED) is 0.318. The largest absolute Gasteiger partial charge is 0.493 e. The molecule has 0 saturated heterocycles. The van der Waals surface area contributed by atoms with Crippen molar-refractivity contribution in [3.63, 3.8) is 0 Å². The van der Waals surface area contributed by atoms with Gasteiger partial charge in [0.1, 0.15) is 0 Å². The monoisotopic (exact) mass is 462 g/mol. The molecule has 0 fully saturated rings. The first-order chi connectivity index (χ1) is 16.4. The van der Waals surface area contributed by atoms with Crippen molar-refractivity contribution in [2.75, 3.05) is 19.1 Å². The van der Waals surface area contributed by atoms with E-state index >= 15 is 0 Å². The molecular weight excluding hydrogens is 436 g/mol. The van der Waals surface area contributed by atoms with Gasteiger partial charge in [0, 0.05) is 14.1 Å². The molecule has 10 heteroatoms. The highest BCUT2D eigenvalue weighted by molar-refractivity contribution is 5.82. The van der Waals surface area contributed by atoms with Gasteiger partial charge < -0.3 is 9.47 Å². The lowest BCUT2D eigenvalue weighted by Gasteiger charge is -2.10. The van der Waals surface area contributed by atoms with E-state index < -0.39 is 11.2 Å². The normalized spacial score (nSPS) is 11.3. The van der Waals surface area contributed by atoms with E-state index in [0.29, 0.717) is 36.1 Å². The van der Waals surface area contributed by atoms with Gasteiger partial charge in [-0.15, -0.1) is 0 Å². The molecule has 0 aliphatic rings. The van der Waals surface area contributed by atoms with Crippen LogP contribution in [0.3, 0.4) is 0 Å². The van der Waals surface area contributed by atoms with Crippen LogP contribution < -0.4 is 26.1 Å². The van der Waals surface area contributed by atoms with Crippen molar-refractivity contribution in [1.82, 2.24) is 18.7 Å². The number of methoxy groups -OCH3 is 1. The number of fused-ring (bicyclic) bond motifs is 1. The Hall–Kier alpha value is -4.34. The van der Waals surface area contributed by atoms with Crippen molar-refractivity contribution in [3.05, 3.63) is 80.5 Å². The summed E-state index contributed by atoms with van der Waals surface area (Å²) in [6.45, 7) is 2.81. The van der Waals surface area contributed by atoms with E-state index in [0.717, 1.165) is 15.7 Å². The molecule has 1 N–H and O–H groups in total. The van der Waals surface area contributed by atoms with E-state index in [9.17, 15) is 9.59 Å². The zero-order chi connectivity index (χ0) is 24.2. The van der Waals surface area contributed by atoms with Crippen LogP contribution in [0.4, 0.5) is 5.95 Å². The Morgan fingerprint density at radius 3 is 2.53 bits per heavy atom. The van der Waals surface area contributed by atoms with Crippen molar-refractivity contribution in [2.45, 2.75) is 13.5 Å². The van der Waals surface area contributed by atoms with Crippen LogP contribution in [0.2, 0.25) is 0 Å². The molecule has 4 rings (SSSR count). The number of benzene rings is 2. The highest BCUT2D eigenvalue weighted by Gasteiger charge is 2.19. The van der Waals surface area contributed by atoms with Gasteiger partial charge in [0.25, 0.3) is 5.56 Å². The summed E-state index contributed by atoms with van der Waals surface area (Å²) >= 11 is 0. The molecule has 0 saturated carbocycles. The summed E-state index contributed by atoms with van der Waals surface area (Å²) in [6, 6.07) is 15.2. The minimum absolute atomic E-state index is 0.282. The predicted octanol–water partition coefficient (Wildman–Crippen LogP) is 2.34. The molecule has 0 radical (unpaired) electrons. The standard InChI is InChI=1S/C24H26N6O4/c1-5-34-18-12-11-17(13-19(18)33-4)14-25-27-23-26-21-20(22(31)29(3)24(32)28(21)2)30(23)15-16-9-7-6-8-10-16/h6-14H,5,15H2,1-4H3,(H,26,27)/b25-14+. The Morgan fingerprint density at radius 2 is 1.82 bits per heavy atom. The third kappa shape index (κ3) is 4.29. The van der Waals surface area contributed by atoms with Gasteiger partial charge in [0.05, 0.1) is 26.5 Å². The minimum atomic E-state index is -0.446. The number of ether oxygens (including phenoxy) is 2. The number of aromatic nitrogens is 4. The van der Waals surface area contributed by atoms with E-state index in [-0.39, 0.29) is 5.65 Å². The first kappa shape index (κ1) is 22.8. The second kappa shape index (κ2) is 9.65. The molecule has 2 aromatic heterocycles. The van der Waals surface area contributed by atoms with Crippen LogP contribution in [0, 0.1) is 0 Å². The van der Waals surface area contributed by atoms with Crippen LogP contribution in [0.1, 0.15) is 18.1 Å². The highest BCUT2D eigenvalue weighted by Crippen LogP contribution is 2.27. The fraction of sp³-hybridized carbons (Fsp3) is 0.250. The zero-order valence-corrected chi connectivity index (χ0v) is 19.5. The van der Waals surface area contributed by atoms with Crippen LogP contribution >= 0.6 is 0 Å². The Balaban J connectivity index is 1.74. The van der Waals surface area contributed by atoms with Gasteiger partial charge in [-0.3, -0.25) is 18.5 Å². The number of aryl methyl sites for hydroxylation is 1. The number of hydrogen-bond acceptors (Lipinski definition) is 7. The SMILES string of the molecule is CCOc1ccc(/C=N/Nc2nc3c(c(=O)n(C)c(=O)n3C)n2Cc2ccccc2)cc1OC.